The quantitative estimate of drug-likeness (QED) is 0.592. The van der Waals surface area contributed by atoms with E-state index in [0.29, 0.717) is 22.8 Å². The first-order valence-electron chi connectivity index (χ1n) is 8.68. The number of amides is 1. The van der Waals surface area contributed by atoms with Gasteiger partial charge in [-0.3, -0.25) is 9.52 Å². The molecule has 0 fully saturated rings. The fourth-order valence-corrected chi connectivity index (χ4v) is 4.19. The molecule has 1 heterocycles. The molecule has 0 saturated carbocycles. The summed E-state index contributed by atoms with van der Waals surface area (Å²) in [6, 6.07) is 14.8. The molecule has 0 bridgehead atoms. The van der Waals surface area contributed by atoms with Crippen LogP contribution in [0.5, 0.6) is 0 Å². The van der Waals surface area contributed by atoms with Crippen LogP contribution in [-0.2, 0) is 10.0 Å². The van der Waals surface area contributed by atoms with Gasteiger partial charge < -0.3 is 5.32 Å². The largest absolute Gasteiger partial charge is 0.352 e. The Kier molecular flexibility index (Phi) is 6.50. The molecule has 0 aliphatic heterocycles. The maximum Gasteiger partial charge on any atom is 0.261 e. The van der Waals surface area contributed by atoms with Crippen LogP contribution in [-0.4, -0.2) is 25.9 Å². The molecule has 150 valence electrons. The second-order valence-electron chi connectivity index (χ2n) is 5.93. The summed E-state index contributed by atoms with van der Waals surface area (Å²) in [5, 5.41) is 3.42. The number of nitrogens with one attached hydrogen (secondary N) is 2. The van der Waals surface area contributed by atoms with Gasteiger partial charge in [0.15, 0.2) is 0 Å². The Labute approximate surface area is 172 Å². The summed E-state index contributed by atoms with van der Waals surface area (Å²) in [5.41, 5.74) is 0.875. The predicted molar refractivity (Wildman–Crippen MR) is 110 cm³/mol. The van der Waals surface area contributed by atoms with E-state index < -0.39 is 15.8 Å². The van der Waals surface area contributed by atoms with Crippen molar-refractivity contribution in [1.82, 2.24) is 10.3 Å². The Balaban J connectivity index is 1.65. The van der Waals surface area contributed by atoms with Crippen molar-refractivity contribution in [3.8, 4) is 0 Å². The topological polar surface area (TPSA) is 88.2 Å². The summed E-state index contributed by atoms with van der Waals surface area (Å²) >= 11 is 1.38. The molecule has 29 heavy (non-hydrogen) atoms. The summed E-state index contributed by atoms with van der Waals surface area (Å²) in [4.78, 5) is 16.9. The number of aromatic nitrogens is 1. The van der Waals surface area contributed by atoms with Gasteiger partial charge in [-0.05, 0) is 67.6 Å². The van der Waals surface area contributed by atoms with Gasteiger partial charge in [0.05, 0.1) is 10.5 Å². The van der Waals surface area contributed by atoms with E-state index in [-0.39, 0.29) is 10.8 Å². The average Bonchev–Trinajstić information content (AvgIpc) is 2.70. The molecule has 0 aliphatic carbocycles. The van der Waals surface area contributed by atoms with Gasteiger partial charge in [-0.15, -0.1) is 0 Å². The van der Waals surface area contributed by atoms with E-state index in [1.54, 1.807) is 36.4 Å². The molecule has 0 atom stereocenters. The first-order valence-corrected chi connectivity index (χ1v) is 11.0. The Bertz CT molecular complexity index is 1090. The summed E-state index contributed by atoms with van der Waals surface area (Å²) in [5.74, 6) is -0.674. The van der Waals surface area contributed by atoms with Crippen molar-refractivity contribution < 1.29 is 17.6 Å². The van der Waals surface area contributed by atoms with Gasteiger partial charge in [-0.2, -0.15) is 0 Å². The van der Waals surface area contributed by atoms with Gasteiger partial charge in [0, 0.05) is 23.3 Å². The molecule has 1 amide bonds. The molecule has 6 nitrogen and oxygen atoms in total. The lowest BCUT2D eigenvalue weighted by molar-refractivity contribution is 0.0955. The summed E-state index contributed by atoms with van der Waals surface area (Å²) in [6.07, 6.45) is 1.51. The third-order valence-corrected chi connectivity index (χ3v) is 6.14. The van der Waals surface area contributed by atoms with Crippen molar-refractivity contribution in [3.63, 3.8) is 0 Å². The number of nitrogens with zero attached hydrogens (tertiary/aromatic N) is 1. The van der Waals surface area contributed by atoms with Crippen molar-refractivity contribution >= 4 is 33.4 Å². The molecule has 0 aliphatic rings. The van der Waals surface area contributed by atoms with Gasteiger partial charge in [0.1, 0.15) is 10.8 Å². The van der Waals surface area contributed by atoms with Crippen molar-refractivity contribution in [2.75, 3.05) is 11.3 Å². The standard InChI is InChI=1S/C20H18FN3O3S2/c1-2-22-20(25)14-3-12-19(23-13-14)28-17-8-6-16(7-9-17)24-29(26,27)18-10-4-15(21)5-11-18/h3-13,24H,2H2,1H3,(H,22,25). The third-order valence-electron chi connectivity index (χ3n) is 3.79. The van der Waals surface area contributed by atoms with Crippen LogP contribution in [0.3, 0.4) is 0 Å². The maximum absolute atomic E-state index is 13.0. The molecule has 0 unspecified atom stereocenters. The fraction of sp³-hybridized carbons (Fsp3) is 0.100. The Morgan fingerprint density at radius 1 is 1.03 bits per heavy atom. The lowest BCUT2D eigenvalue weighted by atomic mass is 10.3. The zero-order valence-electron chi connectivity index (χ0n) is 15.4. The first-order chi connectivity index (χ1) is 13.9. The van der Waals surface area contributed by atoms with Crippen LogP contribution >= 0.6 is 11.8 Å². The lowest BCUT2D eigenvalue weighted by Gasteiger charge is -2.09. The highest BCUT2D eigenvalue weighted by molar-refractivity contribution is 7.99. The number of halogens is 1. The van der Waals surface area contributed by atoms with Crippen LogP contribution in [0.15, 0.2) is 81.7 Å². The second kappa shape index (κ2) is 9.06. The van der Waals surface area contributed by atoms with Gasteiger partial charge >= 0.3 is 0 Å². The zero-order valence-corrected chi connectivity index (χ0v) is 17.1. The van der Waals surface area contributed by atoms with E-state index in [1.165, 1.54) is 30.1 Å². The minimum atomic E-state index is -3.79. The fourth-order valence-electron chi connectivity index (χ4n) is 2.38. The van der Waals surface area contributed by atoms with E-state index in [9.17, 15) is 17.6 Å². The van der Waals surface area contributed by atoms with E-state index in [1.807, 2.05) is 6.92 Å². The molecule has 1 aromatic heterocycles. The number of pyridine rings is 1. The number of carbonyl (C=O) groups is 1. The number of hydrogen-bond donors (Lipinski definition) is 2. The van der Waals surface area contributed by atoms with Crippen molar-refractivity contribution in [2.45, 2.75) is 21.7 Å². The SMILES string of the molecule is CCNC(=O)c1ccc(Sc2ccc(NS(=O)(=O)c3ccc(F)cc3)cc2)nc1. The van der Waals surface area contributed by atoms with Crippen LogP contribution in [0.25, 0.3) is 0 Å². The summed E-state index contributed by atoms with van der Waals surface area (Å²) < 4.78 is 40.1. The smallest absolute Gasteiger partial charge is 0.261 e. The first kappa shape index (κ1) is 20.8. The van der Waals surface area contributed by atoms with Gasteiger partial charge in [0.2, 0.25) is 0 Å². The minimum absolute atomic E-state index is 0.0197. The van der Waals surface area contributed by atoms with Crippen LogP contribution in [0.4, 0.5) is 10.1 Å². The summed E-state index contributed by atoms with van der Waals surface area (Å²) in [7, 11) is -3.79. The normalized spacial score (nSPS) is 11.1. The number of anilines is 1. The van der Waals surface area contributed by atoms with Gasteiger partial charge in [0.25, 0.3) is 15.9 Å². The average molecular weight is 432 g/mol. The van der Waals surface area contributed by atoms with E-state index in [2.05, 4.69) is 15.0 Å². The van der Waals surface area contributed by atoms with Gasteiger partial charge in [-0.25, -0.2) is 17.8 Å². The molecule has 0 spiro atoms. The van der Waals surface area contributed by atoms with Crippen molar-refractivity contribution in [2.24, 2.45) is 0 Å². The molecule has 9 heteroatoms. The number of rotatable bonds is 7. The molecular weight excluding hydrogens is 413 g/mol. The Hall–Kier alpha value is -2.91. The minimum Gasteiger partial charge on any atom is -0.352 e. The predicted octanol–water partition coefficient (Wildman–Crippen LogP) is 3.92. The van der Waals surface area contributed by atoms with Crippen LogP contribution < -0.4 is 10.0 Å². The molecule has 0 saturated heterocycles. The molecule has 3 aromatic rings. The van der Waals surface area contributed by atoms with Crippen molar-refractivity contribution in [1.29, 1.82) is 0 Å². The monoisotopic (exact) mass is 431 g/mol. The van der Waals surface area contributed by atoms with E-state index in [4.69, 9.17) is 0 Å². The number of carbonyl (C=O) groups excluding carboxylic acids is 1. The molecule has 2 aromatic carbocycles. The third kappa shape index (κ3) is 5.55. The van der Waals surface area contributed by atoms with E-state index in [0.717, 1.165) is 17.0 Å². The summed E-state index contributed by atoms with van der Waals surface area (Å²) in [6.45, 7) is 2.39. The molecule has 0 radical (unpaired) electrons. The Morgan fingerprint density at radius 2 is 1.72 bits per heavy atom. The number of sulfonamides is 1. The molecule has 3 rings (SSSR count). The van der Waals surface area contributed by atoms with Gasteiger partial charge in [-0.1, -0.05) is 11.8 Å². The zero-order chi connectivity index (χ0) is 20.9. The maximum atomic E-state index is 13.0. The number of hydrogen-bond acceptors (Lipinski definition) is 5. The number of benzene rings is 2. The Morgan fingerprint density at radius 3 is 2.31 bits per heavy atom. The van der Waals surface area contributed by atoms with Crippen LogP contribution in [0, 0.1) is 5.82 Å². The van der Waals surface area contributed by atoms with Crippen LogP contribution in [0.2, 0.25) is 0 Å². The highest BCUT2D eigenvalue weighted by atomic mass is 32.2. The highest BCUT2D eigenvalue weighted by Crippen LogP contribution is 2.27. The van der Waals surface area contributed by atoms with Crippen LogP contribution in [0.1, 0.15) is 17.3 Å². The van der Waals surface area contributed by atoms with E-state index >= 15 is 0 Å². The molecular formula is C20H18FN3O3S2. The lowest BCUT2D eigenvalue weighted by Crippen LogP contribution is -2.22. The van der Waals surface area contributed by atoms with Crippen molar-refractivity contribution in [3.05, 3.63) is 78.2 Å². The highest BCUT2D eigenvalue weighted by Gasteiger charge is 2.14. The molecule has 2 N–H and O–H groups in total. The second-order valence-corrected chi connectivity index (χ2v) is 8.71.